The molecule has 1 aliphatic rings. The minimum absolute atomic E-state index is 0.105. The summed E-state index contributed by atoms with van der Waals surface area (Å²) in [5.41, 5.74) is 1.40. The third-order valence-electron chi connectivity index (χ3n) is 4.23. The van der Waals surface area contributed by atoms with Gasteiger partial charge in [0, 0.05) is 29.9 Å². The van der Waals surface area contributed by atoms with Crippen molar-refractivity contribution in [1.82, 2.24) is 5.32 Å². The monoisotopic (exact) mass is 349 g/mol. The summed E-state index contributed by atoms with van der Waals surface area (Å²) >= 11 is 0. The summed E-state index contributed by atoms with van der Waals surface area (Å²) in [6.07, 6.45) is 3.25. The Labute approximate surface area is 148 Å². The molecule has 1 aromatic carbocycles. The summed E-state index contributed by atoms with van der Waals surface area (Å²) < 4.78 is 5.29. The molecule has 0 aliphatic heterocycles. The van der Waals surface area contributed by atoms with E-state index >= 15 is 0 Å². The van der Waals surface area contributed by atoms with Crippen LogP contribution in [0.2, 0.25) is 0 Å². The summed E-state index contributed by atoms with van der Waals surface area (Å²) in [4.78, 5) is 22.2. The summed E-state index contributed by atoms with van der Waals surface area (Å²) in [6, 6.07) is 5.30. The lowest BCUT2D eigenvalue weighted by Crippen LogP contribution is -2.42. The number of nitro groups is 1. The molecule has 0 spiro atoms. The van der Waals surface area contributed by atoms with Crippen LogP contribution in [0.15, 0.2) is 18.2 Å². The fraction of sp³-hybridized carbons (Fsp3) is 0.611. The zero-order valence-corrected chi connectivity index (χ0v) is 15.3. The number of benzene rings is 1. The van der Waals surface area contributed by atoms with Gasteiger partial charge in [0.2, 0.25) is 0 Å². The maximum atomic E-state index is 11.8. The molecule has 138 valence electrons. The number of carbonyl (C=O) groups is 1. The SMILES string of the molecule is Cc1cc([N+](=O)[O-])ccc1NC1CCC(NC(=O)OC(C)(C)C)CC1. The van der Waals surface area contributed by atoms with E-state index in [0.717, 1.165) is 36.9 Å². The van der Waals surface area contributed by atoms with Crippen LogP contribution in [0.25, 0.3) is 0 Å². The molecule has 0 radical (unpaired) electrons. The number of alkyl carbamates (subject to hydrolysis) is 1. The van der Waals surface area contributed by atoms with Gasteiger partial charge >= 0.3 is 6.09 Å². The molecular weight excluding hydrogens is 322 g/mol. The molecule has 7 heteroatoms. The van der Waals surface area contributed by atoms with Crippen LogP contribution in [0.1, 0.15) is 52.0 Å². The van der Waals surface area contributed by atoms with Crippen molar-refractivity contribution in [3.05, 3.63) is 33.9 Å². The number of hydrogen-bond acceptors (Lipinski definition) is 5. The molecule has 1 aromatic rings. The van der Waals surface area contributed by atoms with Gasteiger partial charge in [0.05, 0.1) is 4.92 Å². The Hall–Kier alpha value is -2.31. The van der Waals surface area contributed by atoms with Crippen molar-refractivity contribution < 1.29 is 14.5 Å². The summed E-state index contributed by atoms with van der Waals surface area (Å²) in [7, 11) is 0. The third kappa shape index (κ3) is 5.92. The first-order valence-electron chi connectivity index (χ1n) is 8.65. The average molecular weight is 349 g/mol. The van der Waals surface area contributed by atoms with Crippen LogP contribution in [0.5, 0.6) is 0 Å². The lowest BCUT2D eigenvalue weighted by molar-refractivity contribution is -0.384. The largest absolute Gasteiger partial charge is 0.444 e. The molecular formula is C18H27N3O4. The number of carbonyl (C=O) groups excluding carboxylic acids is 1. The zero-order valence-electron chi connectivity index (χ0n) is 15.3. The number of non-ortho nitro benzene ring substituents is 1. The maximum Gasteiger partial charge on any atom is 0.407 e. The minimum atomic E-state index is -0.490. The fourth-order valence-electron chi connectivity index (χ4n) is 3.00. The van der Waals surface area contributed by atoms with E-state index in [1.54, 1.807) is 12.1 Å². The van der Waals surface area contributed by atoms with Crippen molar-refractivity contribution in [2.24, 2.45) is 0 Å². The first-order valence-corrected chi connectivity index (χ1v) is 8.65. The molecule has 1 saturated carbocycles. The van der Waals surface area contributed by atoms with Gasteiger partial charge in [-0.25, -0.2) is 4.79 Å². The van der Waals surface area contributed by atoms with Crippen molar-refractivity contribution >= 4 is 17.5 Å². The van der Waals surface area contributed by atoms with Gasteiger partial charge in [-0.15, -0.1) is 0 Å². The van der Waals surface area contributed by atoms with Gasteiger partial charge in [-0.05, 0) is 65.0 Å². The highest BCUT2D eigenvalue weighted by molar-refractivity contribution is 5.68. The smallest absolute Gasteiger partial charge is 0.407 e. The molecule has 0 unspecified atom stereocenters. The molecule has 0 heterocycles. The van der Waals surface area contributed by atoms with Gasteiger partial charge in [0.1, 0.15) is 5.60 Å². The van der Waals surface area contributed by atoms with E-state index in [4.69, 9.17) is 4.74 Å². The van der Waals surface area contributed by atoms with Crippen LogP contribution in [-0.4, -0.2) is 28.7 Å². The molecule has 0 atom stereocenters. The Balaban J connectivity index is 1.83. The highest BCUT2D eigenvalue weighted by Crippen LogP contribution is 2.26. The fourth-order valence-corrected chi connectivity index (χ4v) is 3.00. The first kappa shape index (κ1) is 19.0. The van der Waals surface area contributed by atoms with E-state index < -0.39 is 5.60 Å². The molecule has 0 aromatic heterocycles. The van der Waals surface area contributed by atoms with E-state index in [1.165, 1.54) is 6.07 Å². The standard InChI is InChI=1S/C18H27N3O4/c1-12-11-15(21(23)24)9-10-16(12)19-13-5-7-14(8-6-13)20-17(22)25-18(2,3)4/h9-11,13-14,19H,5-8H2,1-4H3,(H,20,22). The van der Waals surface area contributed by atoms with Gasteiger partial charge < -0.3 is 15.4 Å². The van der Waals surface area contributed by atoms with Crippen molar-refractivity contribution in [2.75, 3.05) is 5.32 Å². The van der Waals surface area contributed by atoms with Crippen molar-refractivity contribution in [3.63, 3.8) is 0 Å². The Bertz CT molecular complexity index is 632. The first-order chi connectivity index (χ1) is 11.6. The summed E-state index contributed by atoms with van der Waals surface area (Å²) in [5, 5.41) is 17.2. The molecule has 2 rings (SSSR count). The number of nitro benzene ring substituents is 1. The van der Waals surface area contributed by atoms with Crippen LogP contribution in [0, 0.1) is 17.0 Å². The van der Waals surface area contributed by atoms with E-state index in [1.807, 2.05) is 27.7 Å². The van der Waals surface area contributed by atoms with Gasteiger partial charge in [-0.2, -0.15) is 0 Å². The predicted molar refractivity (Wildman–Crippen MR) is 96.9 cm³/mol. The summed E-state index contributed by atoms with van der Waals surface area (Å²) in [5.74, 6) is 0. The number of anilines is 1. The molecule has 0 saturated heterocycles. The number of nitrogens with zero attached hydrogens (tertiary/aromatic N) is 1. The number of amides is 1. The van der Waals surface area contributed by atoms with Gasteiger partial charge in [-0.1, -0.05) is 0 Å². The molecule has 25 heavy (non-hydrogen) atoms. The zero-order chi connectivity index (χ0) is 18.6. The van der Waals surface area contributed by atoms with E-state index in [-0.39, 0.29) is 22.7 Å². The molecule has 2 N–H and O–H groups in total. The number of hydrogen-bond donors (Lipinski definition) is 2. The number of ether oxygens (including phenoxy) is 1. The second kappa shape index (κ2) is 7.72. The molecule has 0 bridgehead atoms. The Kier molecular flexibility index (Phi) is 5.87. The lowest BCUT2D eigenvalue weighted by atomic mass is 9.91. The second-order valence-corrected chi connectivity index (χ2v) is 7.60. The number of rotatable bonds is 4. The quantitative estimate of drug-likeness (QED) is 0.629. The van der Waals surface area contributed by atoms with Gasteiger partial charge in [-0.3, -0.25) is 10.1 Å². The van der Waals surface area contributed by atoms with Crippen LogP contribution in [0.4, 0.5) is 16.2 Å². The molecule has 1 fully saturated rings. The van der Waals surface area contributed by atoms with Crippen molar-refractivity contribution in [3.8, 4) is 0 Å². The maximum absolute atomic E-state index is 11.8. The Morgan fingerprint density at radius 2 is 1.80 bits per heavy atom. The average Bonchev–Trinajstić information content (AvgIpc) is 2.49. The molecule has 1 aliphatic carbocycles. The Morgan fingerprint density at radius 1 is 1.20 bits per heavy atom. The normalized spacial score (nSPS) is 20.6. The highest BCUT2D eigenvalue weighted by Gasteiger charge is 2.25. The third-order valence-corrected chi connectivity index (χ3v) is 4.23. The highest BCUT2D eigenvalue weighted by atomic mass is 16.6. The van der Waals surface area contributed by atoms with Gasteiger partial charge in [0.15, 0.2) is 0 Å². The lowest BCUT2D eigenvalue weighted by Gasteiger charge is -2.31. The van der Waals surface area contributed by atoms with Crippen molar-refractivity contribution in [1.29, 1.82) is 0 Å². The Morgan fingerprint density at radius 3 is 2.32 bits per heavy atom. The number of aryl methyl sites for hydroxylation is 1. The minimum Gasteiger partial charge on any atom is -0.444 e. The van der Waals surface area contributed by atoms with E-state index in [2.05, 4.69) is 10.6 Å². The van der Waals surface area contributed by atoms with Crippen LogP contribution < -0.4 is 10.6 Å². The van der Waals surface area contributed by atoms with Crippen LogP contribution >= 0.6 is 0 Å². The van der Waals surface area contributed by atoms with E-state index in [9.17, 15) is 14.9 Å². The second-order valence-electron chi connectivity index (χ2n) is 7.60. The van der Waals surface area contributed by atoms with Crippen molar-refractivity contribution in [2.45, 2.75) is 71.1 Å². The number of nitrogens with one attached hydrogen (secondary N) is 2. The molecule has 1 amide bonds. The van der Waals surface area contributed by atoms with Crippen LogP contribution in [0.3, 0.4) is 0 Å². The van der Waals surface area contributed by atoms with Crippen LogP contribution in [-0.2, 0) is 4.74 Å². The summed E-state index contributed by atoms with van der Waals surface area (Å²) in [6.45, 7) is 7.41. The molecule has 7 nitrogen and oxygen atoms in total. The van der Waals surface area contributed by atoms with Gasteiger partial charge in [0.25, 0.3) is 5.69 Å². The topological polar surface area (TPSA) is 93.5 Å². The van der Waals surface area contributed by atoms with E-state index in [0.29, 0.717) is 6.04 Å². The predicted octanol–water partition coefficient (Wildman–Crippen LogP) is 4.15.